The van der Waals surface area contributed by atoms with Crippen LogP contribution in [0.4, 0.5) is 0 Å². The number of fused-ring (bicyclic) bond motifs is 3. The summed E-state index contributed by atoms with van der Waals surface area (Å²) in [7, 11) is 0. The van der Waals surface area contributed by atoms with E-state index in [4.69, 9.17) is 4.74 Å². The average Bonchev–Trinajstić information content (AvgIpc) is 3.41. The molecule has 0 bridgehead atoms. The predicted molar refractivity (Wildman–Crippen MR) is 128 cm³/mol. The third-order valence-corrected chi connectivity index (χ3v) is 7.93. The Kier molecular flexibility index (Phi) is 5.88. The van der Waals surface area contributed by atoms with E-state index >= 15 is 0 Å². The molecule has 8 heteroatoms. The van der Waals surface area contributed by atoms with Gasteiger partial charge in [-0.1, -0.05) is 32.0 Å². The third kappa shape index (κ3) is 3.81. The number of ether oxygens (including phenoxy) is 1. The van der Waals surface area contributed by atoms with E-state index in [1.54, 1.807) is 12.4 Å². The van der Waals surface area contributed by atoms with E-state index in [2.05, 4.69) is 40.5 Å². The lowest BCUT2D eigenvalue weighted by molar-refractivity contribution is -0.145. The number of nitrogens with zero attached hydrogens (tertiary/aromatic N) is 2. The fourth-order valence-corrected chi connectivity index (χ4v) is 6.10. The van der Waals surface area contributed by atoms with Gasteiger partial charge in [0, 0.05) is 23.3 Å². The minimum atomic E-state index is -0.746. The van der Waals surface area contributed by atoms with Gasteiger partial charge in [0.1, 0.15) is 11.0 Å². The molecule has 2 N–H and O–H groups in total. The number of carbonyl (C=O) groups is 2. The van der Waals surface area contributed by atoms with Gasteiger partial charge in [0.25, 0.3) is 5.91 Å². The number of rotatable bonds is 6. The van der Waals surface area contributed by atoms with Crippen LogP contribution in [0.5, 0.6) is 0 Å². The molecule has 2 aromatic heterocycles. The molecule has 2 atom stereocenters. The van der Waals surface area contributed by atoms with Crippen molar-refractivity contribution >= 4 is 34.5 Å². The lowest BCUT2D eigenvalue weighted by atomic mass is 9.86. The van der Waals surface area contributed by atoms with Crippen molar-refractivity contribution in [2.24, 2.45) is 0 Å². The van der Waals surface area contributed by atoms with Gasteiger partial charge in [-0.25, -0.2) is 5.01 Å². The Bertz CT molecular complexity index is 1200. The standard InChI is InChI=1S/C25H28N4O3S/c1-3-16-6-5-7-18-19-10-13-32-25(4-2,23(19)27-22(16)18)14-20(30)28-29-21(31)15-33-24(29)17-8-11-26-12-9-17/h5-9,11-12,24,27H,3-4,10,13-15H2,1-2H3,(H,28,30). The number of hydrazine groups is 1. The zero-order valence-corrected chi connectivity index (χ0v) is 19.7. The molecule has 2 unspecified atom stereocenters. The van der Waals surface area contributed by atoms with Crippen molar-refractivity contribution in [3.63, 3.8) is 0 Å². The summed E-state index contributed by atoms with van der Waals surface area (Å²) in [4.78, 5) is 33.5. The average molecular weight is 465 g/mol. The second kappa shape index (κ2) is 8.83. The quantitative estimate of drug-likeness (QED) is 0.576. The van der Waals surface area contributed by atoms with Gasteiger partial charge in [-0.15, -0.1) is 11.8 Å². The largest absolute Gasteiger partial charge is 0.368 e. The van der Waals surface area contributed by atoms with Crippen LogP contribution in [-0.4, -0.2) is 39.2 Å². The van der Waals surface area contributed by atoms with E-state index in [9.17, 15) is 9.59 Å². The Morgan fingerprint density at radius 2 is 2.12 bits per heavy atom. The van der Waals surface area contributed by atoms with Crippen molar-refractivity contribution < 1.29 is 14.3 Å². The smallest absolute Gasteiger partial charge is 0.252 e. The Morgan fingerprint density at radius 1 is 1.30 bits per heavy atom. The first kappa shape index (κ1) is 22.0. The van der Waals surface area contributed by atoms with Crippen molar-refractivity contribution in [3.8, 4) is 0 Å². The summed E-state index contributed by atoms with van der Waals surface area (Å²) < 4.78 is 6.31. The molecular weight excluding hydrogens is 436 g/mol. The van der Waals surface area contributed by atoms with Gasteiger partial charge < -0.3 is 9.72 Å². The summed E-state index contributed by atoms with van der Waals surface area (Å²) >= 11 is 1.50. The van der Waals surface area contributed by atoms with E-state index in [1.807, 2.05) is 19.1 Å². The molecule has 3 aromatic rings. The van der Waals surface area contributed by atoms with Crippen LogP contribution in [0, 0.1) is 0 Å². The van der Waals surface area contributed by atoms with Gasteiger partial charge in [0.2, 0.25) is 5.91 Å². The highest BCUT2D eigenvalue weighted by Crippen LogP contribution is 2.42. The molecule has 7 nitrogen and oxygen atoms in total. The molecule has 1 aromatic carbocycles. The summed E-state index contributed by atoms with van der Waals surface area (Å²) in [6, 6.07) is 10.1. The minimum Gasteiger partial charge on any atom is -0.368 e. The van der Waals surface area contributed by atoms with Crippen molar-refractivity contribution in [1.82, 2.24) is 20.4 Å². The van der Waals surface area contributed by atoms with Gasteiger partial charge in [0.05, 0.1) is 24.5 Å². The summed E-state index contributed by atoms with van der Waals surface area (Å²) in [6.07, 6.45) is 5.94. The molecule has 2 aliphatic heterocycles. The van der Waals surface area contributed by atoms with Crippen molar-refractivity contribution in [2.75, 3.05) is 12.4 Å². The Labute approximate surface area is 197 Å². The molecule has 0 radical (unpaired) electrons. The van der Waals surface area contributed by atoms with E-state index in [1.165, 1.54) is 33.3 Å². The molecule has 1 fully saturated rings. The number of carbonyl (C=O) groups excluding carboxylic acids is 2. The zero-order valence-electron chi connectivity index (χ0n) is 18.9. The highest BCUT2D eigenvalue weighted by Gasteiger charge is 2.42. The van der Waals surface area contributed by atoms with Crippen LogP contribution in [-0.2, 0) is 32.8 Å². The lowest BCUT2D eigenvalue weighted by Gasteiger charge is -2.37. The molecule has 33 heavy (non-hydrogen) atoms. The number of para-hydroxylation sites is 1. The van der Waals surface area contributed by atoms with E-state index in [0.717, 1.165) is 29.6 Å². The maximum absolute atomic E-state index is 13.3. The molecule has 0 spiro atoms. The number of H-pyrrole nitrogens is 1. The summed E-state index contributed by atoms with van der Waals surface area (Å²) in [6.45, 7) is 4.76. The van der Waals surface area contributed by atoms with Crippen LogP contribution >= 0.6 is 11.8 Å². The van der Waals surface area contributed by atoms with Crippen molar-refractivity contribution in [3.05, 3.63) is 65.1 Å². The molecule has 2 aliphatic rings. The summed E-state index contributed by atoms with van der Waals surface area (Å²) in [5.74, 6) is -0.00703. The van der Waals surface area contributed by atoms with Crippen LogP contribution in [0.25, 0.3) is 10.9 Å². The Balaban J connectivity index is 1.43. The number of benzene rings is 1. The number of hydrogen-bond acceptors (Lipinski definition) is 5. The second-order valence-electron chi connectivity index (χ2n) is 8.54. The molecule has 1 saturated heterocycles. The van der Waals surface area contributed by atoms with Crippen LogP contribution in [0.15, 0.2) is 42.7 Å². The number of pyridine rings is 1. The lowest BCUT2D eigenvalue weighted by Crippen LogP contribution is -2.48. The fourth-order valence-electron chi connectivity index (χ4n) is 4.99. The van der Waals surface area contributed by atoms with Crippen molar-refractivity contribution in [1.29, 1.82) is 0 Å². The number of nitrogens with one attached hydrogen (secondary N) is 2. The molecule has 0 saturated carbocycles. The molecule has 172 valence electrons. The summed E-state index contributed by atoms with van der Waals surface area (Å²) in [5, 5.41) is 2.41. The maximum Gasteiger partial charge on any atom is 0.252 e. The number of amides is 2. The zero-order chi connectivity index (χ0) is 23.0. The van der Waals surface area contributed by atoms with E-state index < -0.39 is 5.60 Å². The second-order valence-corrected chi connectivity index (χ2v) is 9.61. The minimum absolute atomic E-state index is 0.107. The highest BCUT2D eigenvalue weighted by molar-refractivity contribution is 8.00. The van der Waals surface area contributed by atoms with Gasteiger partial charge >= 0.3 is 0 Å². The van der Waals surface area contributed by atoms with Gasteiger partial charge in [-0.3, -0.25) is 20.0 Å². The van der Waals surface area contributed by atoms with Gasteiger partial charge in [-0.2, -0.15) is 0 Å². The fraction of sp³-hybridized carbons (Fsp3) is 0.400. The third-order valence-electron chi connectivity index (χ3n) is 6.72. The van der Waals surface area contributed by atoms with E-state index in [-0.39, 0.29) is 23.6 Å². The topological polar surface area (TPSA) is 87.3 Å². The monoisotopic (exact) mass is 464 g/mol. The first-order chi connectivity index (χ1) is 16.1. The number of hydrogen-bond donors (Lipinski definition) is 2. The van der Waals surface area contributed by atoms with Crippen LogP contribution < -0.4 is 5.43 Å². The van der Waals surface area contributed by atoms with Crippen LogP contribution in [0.3, 0.4) is 0 Å². The molecule has 0 aliphatic carbocycles. The van der Waals surface area contributed by atoms with Crippen LogP contribution in [0.1, 0.15) is 54.4 Å². The molecule has 2 amide bonds. The number of thioether (sulfide) groups is 1. The molecule has 4 heterocycles. The maximum atomic E-state index is 13.3. The van der Waals surface area contributed by atoms with Crippen LogP contribution in [0.2, 0.25) is 0 Å². The first-order valence-electron chi connectivity index (χ1n) is 11.5. The Hall–Kier alpha value is -2.84. The van der Waals surface area contributed by atoms with Crippen molar-refractivity contribution in [2.45, 2.75) is 50.5 Å². The summed E-state index contributed by atoms with van der Waals surface area (Å²) in [5.41, 5.74) is 7.70. The normalized spacial score (nSPS) is 22.5. The SMILES string of the molecule is CCc1cccc2c3c([nH]c12)C(CC)(CC(=O)NN1C(=O)CSC1c1ccncc1)OCC3. The number of aromatic nitrogens is 2. The van der Waals surface area contributed by atoms with Gasteiger partial charge in [0.15, 0.2) is 0 Å². The Morgan fingerprint density at radius 3 is 2.88 bits per heavy atom. The molecule has 5 rings (SSSR count). The predicted octanol–water partition coefficient (Wildman–Crippen LogP) is 4.00. The first-order valence-corrected chi connectivity index (χ1v) is 12.5. The highest BCUT2D eigenvalue weighted by atomic mass is 32.2. The molecular formula is C25H28N4O3S. The van der Waals surface area contributed by atoms with Gasteiger partial charge in [-0.05, 0) is 48.1 Å². The number of aromatic amines is 1. The van der Waals surface area contributed by atoms with E-state index in [0.29, 0.717) is 18.8 Å². The number of aryl methyl sites for hydroxylation is 1.